The Balaban J connectivity index is 1.44. The van der Waals surface area contributed by atoms with Gasteiger partial charge in [-0.05, 0) is 19.4 Å². The van der Waals surface area contributed by atoms with Crippen LogP contribution in [0.5, 0.6) is 0 Å². The fraction of sp³-hybridized carbons (Fsp3) is 0.632. The molecule has 2 saturated heterocycles. The largest absolute Gasteiger partial charge is 0.375 e. The molecule has 24 heavy (non-hydrogen) atoms. The molecule has 2 aliphatic rings. The lowest BCUT2D eigenvalue weighted by atomic mass is 10.2. The third-order valence-corrected chi connectivity index (χ3v) is 5.00. The summed E-state index contributed by atoms with van der Waals surface area (Å²) in [6.45, 7) is 11.0. The first-order chi connectivity index (χ1) is 11.6. The van der Waals surface area contributed by atoms with Crippen molar-refractivity contribution in [1.29, 1.82) is 0 Å². The molecule has 2 heterocycles. The van der Waals surface area contributed by atoms with Gasteiger partial charge in [0.25, 0.3) is 0 Å². The van der Waals surface area contributed by atoms with E-state index in [2.05, 4.69) is 47.1 Å². The molecule has 0 aliphatic carbocycles. The summed E-state index contributed by atoms with van der Waals surface area (Å²) >= 11 is 0. The maximum Gasteiger partial charge on any atom is 0.237 e. The first kappa shape index (κ1) is 17.4. The standard InChI is InChI=1S/C19H29N3O2/c1-16-15-24-17(2)12-22(16)19(23)14-21-10-8-20(9-11-21)13-18-6-4-3-5-7-18/h3-7,16-17H,8-15H2,1-2H3. The number of hydrogen-bond acceptors (Lipinski definition) is 4. The highest BCUT2D eigenvalue weighted by atomic mass is 16.5. The summed E-state index contributed by atoms with van der Waals surface area (Å²) in [7, 11) is 0. The maximum absolute atomic E-state index is 12.6. The highest BCUT2D eigenvalue weighted by Crippen LogP contribution is 2.13. The van der Waals surface area contributed by atoms with E-state index in [1.807, 2.05) is 11.8 Å². The second kappa shape index (κ2) is 8.10. The highest BCUT2D eigenvalue weighted by molar-refractivity contribution is 5.78. The number of nitrogens with zero attached hydrogens (tertiary/aromatic N) is 3. The van der Waals surface area contributed by atoms with Gasteiger partial charge in [0.2, 0.25) is 5.91 Å². The van der Waals surface area contributed by atoms with Crippen LogP contribution in [-0.2, 0) is 16.1 Å². The van der Waals surface area contributed by atoms with Crippen molar-refractivity contribution in [3.8, 4) is 0 Å². The SMILES string of the molecule is CC1CN(C(=O)CN2CCN(Cc3ccccc3)CC2)C(C)CO1. The zero-order chi connectivity index (χ0) is 16.9. The van der Waals surface area contributed by atoms with E-state index in [9.17, 15) is 4.79 Å². The molecule has 1 aromatic carbocycles. The molecule has 5 heteroatoms. The van der Waals surface area contributed by atoms with Crippen LogP contribution in [0.25, 0.3) is 0 Å². The molecule has 0 N–H and O–H groups in total. The molecule has 132 valence electrons. The van der Waals surface area contributed by atoms with Crippen molar-refractivity contribution in [1.82, 2.24) is 14.7 Å². The lowest BCUT2D eigenvalue weighted by molar-refractivity contribution is -0.144. The third kappa shape index (κ3) is 4.56. The van der Waals surface area contributed by atoms with Crippen molar-refractivity contribution in [2.75, 3.05) is 45.9 Å². The minimum atomic E-state index is 0.146. The van der Waals surface area contributed by atoms with Crippen molar-refractivity contribution in [2.24, 2.45) is 0 Å². The van der Waals surface area contributed by atoms with Crippen LogP contribution in [0, 0.1) is 0 Å². The van der Waals surface area contributed by atoms with Crippen molar-refractivity contribution in [3.05, 3.63) is 35.9 Å². The Morgan fingerprint density at radius 1 is 1.08 bits per heavy atom. The molecule has 2 aliphatic heterocycles. The maximum atomic E-state index is 12.6. The Hall–Kier alpha value is -1.43. The second-order valence-electron chi connectivity index (χ2n) is 7.08. The first-order valence-electron chi connectivity index (χ1n) is 9.01. The fourth-order valence-corrected chi connectivity index (χ4v) is 3.48. The van der Waals surface area contributed by atoms with E-state index in [1.54, 1.807) is 0 Å². The molecule has 0 saturated carbocycles. The van der Waals surface area contributed by atoms with Crippen LogP contribution in [-0.4, -0.2) is 78.6 Å². The molecule has 2 unspecified atom stereocenters. The number of carbonyl (C=O) groups is 1. The topological polar surface area (TPSA) is 36.0 Å². The number of amides is 1. The predicted octanol–water partition coefficient (Wildman–Crippen LogP) is 1.44. The summed E-state index contributed by atoms with van der Waals surface area (Å²) < 4.78 is 5.62. The average Bonchev–Trinajstić information content (AvgIpc) is 2.59. The first-order valence-corrected chi connectivity index (χ1v) is 9.01. The molecule has 0 radical (unpaired) electrons. The molecule has 1 amide bonds. The van der Waals surface area contributed by atoms with Gasteiger partial charge in [-0.25, -0.2) is 0 Å². The summed E-state index contributed by atoms with van der Waals surface area (Å²) in [5, 5.41) is 0. The molecule has 2 atom stereocenters. The molecule has 5 nitrogen and oxygen atoms in total. The van der Waals surface area contributed by atoms with Gasteiger partial charge in [0.15, 0.2) is 0 Å². The Kier molecular flexibility index (Phi) is 5.87. The molecule has 0 spiro atoms. The Bertz CT molecular complexity index is 529. The number of carbonyl (C=O) groups excluding carboxylic acids is 1. The number of morpholine rings is 1. The zero-order valence-corrected chi connectivity index (χ0v) is 14.9. The normalized spacial score (nSPS) is 26.5. The van der Waals surface area contributed by atoms with Crippen molar-refractivity contribution in [2.45, 2.75) is 32.5 Å². The van der Waals surface area contributed by atoms with E-state index >= 15 is 0 Å². The second-order valence-corrected chi connectivity index (χ2v) is 7.08. The van der Waals surface area contributed by atoms with Crippen LogP contribution in [0.4, 0.5) is 0 Å². The van der Waals surface area contributed by atoms with Crippen LogP contribution in [0.2, 0.25) is 0 Å². The van der Waals surface area contributed by atoms with E-state index in [4.69, 9.17) is 4.74 Å². The molecule has 0 aromatic heterocycles. The van der Waals surface area contributed by atoms with Crippen LogP contribution in [0.15, 0.2) is 30.3 Å². The van der Waals surface area contributed by atoms with Gasteiger partial charge < -0.3 is 9.64 Å². The molecule has 1 aromatic rings. The number of piperazine rings is 1. The minimum absolute atomic E-state index is 0.146. The average molecular weight is 331 g/mol. The minimum Gasteiger partial charge on any atom is -0.375 e. The lowest BCUT2D eigenvalue weighted by Crippen LogP contribution is -2.55. The van der Waals surface area contributed by atoms with Crippen molar-refractivity contribution in [3.63, 3.8) is 0 Å². The van der Waals surface area contributed by atoms with E-state index in [-0.39, 0.29) is 18.1 Å². The quantitative estimate of drug-likeness (QED) is 0.836. The molecular formula is C19H29N3O2. The van der Waals surface area contributed by atoms with Gasteiger partial charge in [0, 0.05) is 39.3 Å². The summed E-state index contributed by atoms with van der Waals surface area (Å²) in [5.74, 6) is 0.245. The lowest BCUT2D eigenvalue weighted by Gasteiger charge is -2.39. The molecule has 2 fully saturated rings. The summed E-state index contributed by atoms with van der Waals surface area (Å²) in [6, 6.07) is 10.8. The van der Waals surface area contributed by atoms with Crippen molar-refractivity contribution < 1.29 is 9.53 Å². The Morgan fingerprint density at radius 3 is 2.46 bits per heavy atom. The van der Waals surface area contributed by atoms with Gasteiger partial charge in [-0.2, -0.15) is 0 Å². The van der Waals surface area contributed by atoms with Crippen LogP contribution >= 0.6 is 0 Å². The van der Waals surface area contributed by atoms with E-state index in [0.29, 0.717) is 19.7 Å². The van der Waals surface area contributed by atoms with Crippen LogP contribution in [0.3, 0.4) is 0 Å². The Labute approximate surface area is 145 Å². The summed E-state index contributed by atoms with van der Waals surface area (Å²) in [4.78, 5) is 19.4. The van der Waals surface area contributed by atoms with Gasteiger partial charge in [-0.1, -0.05) is 30.3 Å². The van der Waals surface area contributed by atoms with E-state index in [1.165, 1.54) is 5.56 Å². The number of benzene rings is 1. The van der Waals surface area contributed by atoms with Gasteiger partial charge in [-0.15, -0.1) is 0 Å². The van der Waals surface area contributed by atoms with E-state index < -0.39 is 0 Å². The van der Waals surface area contributed by atoms with Crippen LogP contribution in [0.1, 0.15) is 19.4 Å². The Morgan fingerprint density at radius 2 is 1.75 bits per heavy atom. The number of hydrogen-bond donors (Lipinski definition) is 0. The van der Waals surface area contributed by atoms with Gasteiger partial charge in [0.05, 0.1) is 25.3 Å². The number of rotatable bonds is 4. The van der Waals surface area contributed by atoms with E-state index in [0.717, 1.165) is 32.7 Å². The molecular weight excluding hydrogens is 302 g/mol. The smallest absolute Gasteiger partial charge is 0.237 e. The van der Waals surface area contributed by atoms with Crippen molar-refractivity contribution >= 4 is 5.91 Å². The molecule has 0 bridgehead atoms. The highest BCUT2D eigenvalue weighted by Gasteiger charge is 2.29. The molecule has 3 rings (SSSR count). The fourth-order valence-electron chi connectivity index (χ4n) is 3.48. The van der Waals surface area contributed by atoms with Crippen LogP contribution < -0.4 is 0 Å². The van der Waals surface area contributed by atoms with Gasteiger partial charge in [-0.3, -0.25) is 14.6 Å². The predicted molar refractivity (Wildman–Crippen MR) is 94.7 cm³/mol. The summed E-state index contributed by atoms with van der Waals surface area (Å²) in [5.41, 5.74) is 1.36. The monoisotopic (exact) mass is 331 g/mol. The third-order valence-electron chi connectivity index (χ3n) is 5.00. The number of ether oxygens (including phenoxy) is 1. The zero-order valence-electron chi connectivity index (χ0n) is 14.9. The summed E-state index contributed by atoms with van der Waals surface area (Å²) in [6.07, 6.45) is 0.146. The van der Waals surface area contributed by atoms with Gasteiger partial charge in [0.1, 0.15) is 0 Å². The van der Waals surface area contributed by atoms with Gasteiger partial charge >= 0.3 is 0 Å².